The Hall–Kier alpha value is -3.02. The smallest absolute Gasteiger partial charge is 0.407 e. The summed E-state index contributed by atoms with van der Waals surface area (Å²) in [6.45, 7) is 1.95. The summed E-state index contributed by atoms with van der Waals surface area (Å²) in [7, 11) is 1.35. The molecular formula is C18H20N2O4. The van der Waals surface area contributed by atoms with Crippen LogP contribution in [0.15, 0.2) is 54.6 Å². The van der Waals surface area contributed by atoms with Gasteiger partial charge in [0.15, 0.2) is 0 Å². The highest BCUT2D eigenvalue weighted by atomic mass is 16.5. The number of nitrogens with zero attached hydrogens (tertiary/aromatic N) is 1. The highest BCUT2D eigenvalue weighted by Gasteiger charge is 2.21. The molecule has 2 N–H and O–H groups in total. The van der Waals surface area contributed by atoms with Gasteiger partial charge in [0.2, 0.25) is 5.91 Å². The van der Waals surface area contributed by atoms with E-state index in [1.165, 1.54) is 14.0 Å². The average molecular weight is 328 g/mol. The molecule has 0 aliphatic rings. The highest BCUT2D eigenvalue weighted by molar-refractivity contribution is 5.96. The number of ether oxygens (including phenoxy) is 1. The van der Waals surface area contributed by atoms with E-state index < -0.39 is 18.0 Å². The molecule has 0 radical (unpaired) electrons. The Labute approximate surface area is 140 Å². The molecule has 0 aliphatic carbocycles. The molecule has 0 aromatic heterocycles. The molecule has 0 bridgehead atoms. The van der Waals surface area contributed by atoms with Crippen LogP contribution in [0.25, 0.3) is 0 Å². The van der Waals surface area contributed by atoms with Crippen LogP contribution in [0.1, 0.15) is 12.5 Å². The summed E-state index contributed by atoms with van der Waals surface area (Å²) in [5.74, 6) is 0.219. The molecule has 126 valence electrons. The fraction of sp³-hybridized carbons (Fsp3) is 0.222. The molecule has 0 aliphatic heterocycles. The molecule has 0 heterocycles. The van der Waals surface area contributed by atoms with Gasteiger partial charge in [-0.05, 0) is 24.6 Å². The van der Waals surface area contributed by atoms with Crippen LogP contribution in [0.4, 0.5) is 10.5 Å². The van der Waals surface area contributed by atoms with Crippen LogP contribution in [0.2, 0.25) is 0 Å². The second-order valence-corrected chi connectivity index (χ2v) is 5.36. The molecule has 2 rings (SSSR count). The molecule has 0 saturated heterocycles. The zero-order valence-electron chi connectivity index (χ0n) is 13.6. The van der Waals surface area contributed by atoms with Gasteiger partial charge in [0.1, 0.15) is 18.4 Å². The number of likely N-dealkylation sites (N-methyl/N-ethyl adjacent to an activating group) is 1. The van der Waals surface area contributed by atoms with E-state index in [9.17, 15) is 9.59 Å². The first-order chi connectivity index (χ1) is 11.5. The Morgan fingerprint density at radius 3 is 2.54 bits per heavy atom. The lowest BCUT2D eigenvalue weighted by molar-refractivity contribution is -0.119. The van der Waals surface area contributed by atoms with E-state index in [-0.39, 0.29) is 0 Å². The molecule has 6 nitrogen and oxygen atoms in total. The molecular weight excluding hydrogens is 308 g/mol. The van der Waals surface area contributed by atoms with Crippen molar-refractivity contribution in [2.75, 3.05) is 12.4 Å². The quantitative estimate of drug-likeness (QED) is 0.853. The fourth-order valence-electron chi connectivity index (χ4n) is 1.99. The van der Waals surface area contributed by atoms with Gasteiger partial charge in [0, 0.05) is 18.8 Å². The van der Waals surface area contributed by atoms with Crippen LogP contribution in [0.5, 0.6) is 5.75 Å². The number of carbonyl (C=O) groups excluding carboxylic acids is 1. The predicted molar refractivity (Wildman–Crippen MR) is 91.1 cm³/mol. The summed E-state index contributed by atoms with van der Waals surface area (Å²) in [5.41, 5.74) is 1.60. The molecule has 6 heteroatoms. The average Bonchev–Trinajstić information content (AvgIpc) is 2.59. The zero-order chi connectivity index (χ0) is 17.5. The Kier molecular flexibility index (Phi) is 5.78. The van der Waals surface area contributed by atoms with Crippen molar-refractivity contribution in [2.24, 2.45) is 0 Å². The minimum absolute atomic E-state index is 0.403. The SMILES string of the molecule is CC(C(=O)Nc1cccc(OCc2ccccc2)c1)N(C)C(=O)O. The number of benzene rings is 2. The summed E-state index contributed by atoms with van der Waals surface area (Å²) >= 11 is 0. The van der Waals surface area contributed by atoms with Gasteiger partial charge < -0.3 is 15.2 Å². The number of hydrogen-bond acceptors (Lipinski definition) is 3. The van der Waals surface area contributed by atoms with Crippen molar-refractivity contribution in [2.45, 2.75) is 19.6 Å². The number of nitrogens with one attached hydrogen (secondary N) is 1. The summed E-state index contributed by atoms with van der Waals surface area (Å²) in [6.07, 6.45) is -1.16. The van der Waals surface area contributed by atoms with E-state index in [2.05, 4.69) is 5.32 Å². The van der Waals surface area contributed by atoms with E-state index in [0.717, 1.165) is 10.5 Å². The van der Waals surface area contributed by atoms with Crippen LogP contribution < -0.4 is 10.1 Å². The zero-order valence-corrected chi connectivity index (χ0v) is 13.6. The lowest BCUT2D eigenvalue weighted by Crippen LogP contribution is -2.42. The molecule has 0 spiro atoms. The lowest BCUT2D eigenvalue weighted by Gasteiger charge is -2.21. The van der Waals surface area contributed by atoms with E-state index in [1.54, 1.807) is 24.3 Å². The summed E-state index contributed by atoms with van der Waals surface area (Å²) < 4.78 is 5.70. The summed E-state index contributed by atoms with van der Waals surface area (Å²) in [4.78, 5) is 23.9. The molecule has 24 heavy (non-hydrogen) atoms. The molecule has 2 amide bonds. The normalized spacial score (nSPS) is 11.4. The number of hydrogen-bond donors (Lipinski definition) is 2. The third-order valence-corrected chi connectivity index (χ3v) is 3.61. The van der Waals surface area contributed by atoms with Gasteiger partial charge in [-0.3, -0.25) is 9.69 Å². The van der Waals surface area contributed by atoms with E-state index in [4.69, 9.17) is 9.84 Å². The van der Waals surface area contributed by atoms with Gasteiger partial charge in [-0.15, -0.1) is 0 Å². The minimum Gasteiger partial charge on any atom is -0.489 e. The Morgan fingerprint density at radius 2 is 1.88 bits per heavy atom. The van der Waals surface area contributed by atoms with Crippen LogP contribution in [0.3, 0.4) is 0 Å². The minimum atomic E-state index is -1.16. The first kappa shape index (κ1) is 17.3. The predicted octanol–water partition coefficient (Wildman–Crippen LogP) is 3.20. The van der Waals surface area contributed by atoms with Gasteiger partial charge in [-0.1, -0.05) is 36.4 Å². The van der Waals surface area contributed by atoms with Crippen LogP contribution >= 0.6 is 0 Å². The number of rotatable bonds is 6. The third-order valence-electron chi connectivity index (χ3n) is 3.61. The third kappa shape index (κ3) is 4.74. The van der Waals surface area contributed by atoms with Gasteiger partial charge in [-0.2, -0.15) is 0 Å². The van der Waals surface area contributed by atoms with Crippen molar-refractivity contribution in [1.82, 2.24) is 4.90 Å². The molecule has 2 aromatic carbocycles. The highest BCUT2D eigenvalue weighted by Crippen LogP contribution is 2.19. The first-order valence-electron chi connectivity index (χ1n) is 7.51. The van der Waals surface area contributed by atoms with Gasteiger partial charge in [0.25, 0.3) is 0 Å². The topological polar surface area (TPSA) is 78.9 Å². The maximum Gasteiger partial charge on any atom is 0.407 e. The summed E-state index contributed by atoms with van der Waals surface area (Å²) in [5, 5.41) is 11.6. The number of carbonyl (C=O) groups is 2. The fourth-order valence-corrected chi connectivity index (χ4v) is 1.99. The molecule has 0 saturated carbocycles. The van der Waals surface area contributed by atoms with Crippen LogP contribution in [-0.2, 0) is 11.4 Å². The molecule has 1 unspecified atom stereocenters. The van der Waals surface area contributed by atoms with Crippen molar-refractivity contribution in [3.63, 3.8) is 0 Å². The van der Waals surface area contributed by atoms with E-state index >= 15 is 0 Å². The Balaban J connectivity index is 1.97. The standard InChI is InChI=1S/C18H20N2O4/c1-13(20(2)18(22)23)17(21)19-15-9-6-10-16(11-15)24-12-14-7-4-3-5-8-14/h3-11,13H,12H2,1-2H3,(H,19,21)(H,22,23). The maximum atomic E-state index is 12.1. The second-order valence-electron chi connectivity index (χ2n) is 5.36. The van der Waals surface area contributed by atoms with Crippen LogP contribution in [0, 0.1) is 0 Å². The number of carboxylic acid groups (broad SMARTS) is 1. The monoisotopic (exact) mass is 328 g/mol. The van der Waals surface area contributed by atoms with E-state index in [1.807, 2.05) is 30.3 Å². The molecule has 2 aromatic rings. The Morgan fingerprint density at radius 1 is 1.17 bits per heavy atom. The van der Waals surface area contributed by atoms with Gasteiger partial charge >= 0.3 is 6.09 Å². The second kappa shape index (κ2) is 8.01. The largest absolute Gasteiger partial charge is 0.489 e. The van der Waals surface area contributed by atoms with Gasteiger partial charge in [-0.25, -0.2) is 4.79 Å². The van der Waals surface area contributed by atoms with Gasteiger partial charge in [0.05, 0.1) is 0 Å². The molecule has 0 fully saturated rings. The maximum absolute atomic E-state index is 12.1. The number of anilines is 1. The lowest BCUT2D eigenvalue weighted by atomic mass is 10.2. The number of amides is 2. The van der Waals surface area contributed by atoms with E-state index in [0.29, 0.717) is 18.0 Å². The Bertz CT molecular complexity index is 703. The molecule has 1 atom stereocenters. The van der Waals surface area contributed by atoms with Crippen molar-refractivity contribution >= 4 is 17.7 Å². The van der Waals surface area contributed by atoms with Crippen molar-refractivity contribution in [3.8, 4) is 5.75 Å². The summed E-state index contributed by atoms with van der Waals surface area (Å²) in [6, 6.07) is 15.9. The van der Waals surface area contributed by atoms with Crippen LogP contribution in [-0.4, -0.2) is 35.1 Å². The van der Waals surface area contributed by atoms with Crippen molar-refractivity contribution in [1.29, 1.82) is 0 Å². The van der Waals surface area contributed by atoms with Crippen molar-refractivity contribution in [3.05, 3.63) is 60.2 Å². The van der Waals surface area contributed by atoms with Crippen molar-refractivity contribution < 1.29 is 19.4 Å². The first-order valence-corrected chi connectivity index (χ1v) is 7.51.